The van der Waals surface area contributed by atoms with Crippen LogP contribution >= 0.6 is 0 Å². The summed E-state index contributed by atoms with van der Waals surface area (Å²) < 4.78 is 12.4. The van der Waals surface area contributed by atoms with E-state index in [9.17, 15) is 0 Å². The lowest BCUT2D eigenvalue weighted by atomic mass is 10.0. The van der Waals surface area contributed by atoms with Crippen LogP contribution in [-0.4, -0.2) is 54.7 Å². The molecule has 0 aliphatic carbocycles. The fraction of sp³-hybridized carbons (Fsp3) is 1.00. The lowest BCUT2D eigenvalue weighted by Crippen LogP contribution is -3.00. The Kier molecular flexibility index (Phi) is 39.0. The zero-order chi connectivity index (χ0) is 30.8. The van der Waals surface area contributed by atoms with Crippen molar-refractivity contribution in [2.24, 2.45) is 0 Å². The van der Waals surface area contributed by atoms with Crippen LogP contribution in [0.1, 0.15) is 200 Å². The number of halogens is 1. The summed E-state index contributed by atoms with van der Waals surface area (Å²) in [7, 11) is 5.11. The van der Waals surface area contributed by atoms with Crippen LogP contribution in [0.2, 0.25) is 6.04 Å². The van der Waals surface area contributed by atoms with Crippen molar-refractivity contribution >= 4 is 9.28 Å². The first-order chi connectivity index (χ1) is 20.6. The molecule has 0 aromatic rings. The third kappa shape index (κ3) is 33.6. The van der Waals surface area contributed by atoms with Crippen LogP contribution in [0, 0.1) is 0 Å². The van der Waals surface area contributed by atoms with Gasteiger partial charge in [0.15, 0.2) is 0 Å². The minimum Gasteiger partial charge on any atom is -1.00 e. The minimum atomic E-state index is -1.05. The average Bonchev–Trinajstić information content (AvgIpc) is 2.99. The third-order valence-corrected chi connectivity index (χ3v) is 11.3. The maximum Gasteiger partial charge on any atom is 0.384 e. The van der Waals surface area contributed by atoms with Gasteiger partial charge in [-0.3, -0.25) is 0 Å². The van der Waals surface area contributed by atoms with Crippen LogP contribution in [0.3, 0.4) is 0 Å². The molecule has 43 heavy (non-hydrogen) atoms. The molecule has 0 aromatic heterocycles. The van der Waals surface area contributed by atoms with Crippen LogP contribution in [0.25, 0.3) is 0 Å². The van der Waals surface area contributed by atoms with Gasteiger partial charge in [-0.05, 0) is 38.1 Å². The van der Waals surface area contributed by atoms with Crippen molar-refractivity contribution in [3.8, 4) is 0 Å². The van der Waals surface area contributed by atoms with Crippen LogP contribution in [0.15, 0.2) is 0 Å². The molecule has 261 valence electrons. The Morgan fingerprint density at radius 2 is 0.605 bits per heavy atom. The van der Waals surface area contributed by atoms with Crippen LogP contribution < -0.4 is 12.4 Å². The fourth-order valence-electron chi connectivity index (χ4n) is 6.60. The summed E-state index contributed by atoms with van der Waals surface area (Å²) in [6.07, 6.45) is 41.7. The number of hydrogen-bond acceptors (Lipinski definition) is 2. The van der Waals surface area contributed by atoms with Gasteiger partial charge in [0.25, 0.3) is 0 Å². The summed E-state index contributed by atoms with van der Waals surface area (Å²) in [4.78, 5) is 0. The van der Waals surface area contributed by atoms with Gasteiger partial charge in [0.05, 0.1) is 26.7 Å². The Labute approximate surface area is 281 Å². The average molecular weight is 648 g/mol. The Morgan fingerprint density at radius 3 is 0.860 bits per heavy atom. The lowest BCUT2D eigenvalue weighted by molar-refractivity contribution is -0.910. The molecule has 0 bridgehead atoms. The van der Waals surface area contributed by atoms with Gasteiger partial charge in [-0.2, -0.15) is 0 Å². The van der Waals surface area contributed by atoms with Gasteiger partial charge >= 0.3 is 9.28 Å². The maximum absolute atomic E-state index is 5.56. The molecule has 0 rings (SSSR count). The van der Waals surface area contributed by atoms with Crippen molar-refractivity contribution in [3.05, 3.63) is 0 Å². The van der Waals surface area contributed by atoms with E-state index in [1.54, 1.807) is 0 Å². The van der Waals surface area contributed by atoms with E-state index in [4.69, 9.17) is 8.85 Å². The highest BCUT2D eigenvalue weighted by Gasteiger charge is 2.22. The first-order valence-electron chi connectivity index (χ1n) is 19.4. The van der Waals surface area contributed by atoms with Crippen LogP contribution in [0.4, 0.5) is 0 Å². The number of quaternary nitrogens is 1. The van der Waals surface area contributed by atoms with E-state index in [1.165, 1.54) is 210 Å². The Hall–Kier alpha value is 0.387. The summed E-state index contributed by atoms with van der Waals surface area (Å²) in [6.45, 7) is 8.62. The van der Waals surface area contributed by atoms with Gasteiger partial charge in [-0.1, -0.05) is 168 Å². The molecule has 0 aliphatic rings. The van der Waals surface area contributed by atoms with E-state index in [0.717, 1.165) is 6.04 Å². The summed E-state index contributed by atoms with van der Waals surface area (Å²) in [5, 5.41) is 0. The molecule has 0 fully saturated rings. The molecule has 0 unspecified atom stereocenters. The minimum absolute atomic E-state index is 0. The van der Waals surface area contributed by atoms with Gasteiger partial charge in [-0.25, -0.2) is 0 Å². The molecule has 0 atom stereocenters. The largest absolute Gasteiger partial charge is 1.00 e. The number of nitrogens with zero attached hydrogens (tertiary/aromatic N) is 1. The molecule has 0 heterocycles. The summed E-state index contributed by atoms with van der Waals surface area (Å²) in [5.74, 6) is 0. The lowest BCUT2D eigenvalue weighted by Gasteiger charge is -2.35. The van der Waals surface area contributed by atoms with Crippen molar-refractivity contribution in [1.29, 1.82) is 0 Å². The van der Waals surface area contributed by atoms with Gasteiger partial charge in [-0.15, -0.1) is 0 Å². The van der Waals surface area contributed by atoms with Crippen molar-refractivity contribution in [2.75, 3.05) is 40.9 Å². The predicted octanol–water partition coefficient (Wildman–Crippen LogP) is 9.57. The highest BCUT2D eigenvalue weighted by atomic mass is 35.5. The molecule has 0 aromatic carbocycles. The molecular formula is C38H81ClNO2Si. The fourth-order valence-corrected chi connectivity index (χ4v) is 7.63. The predicted molar refractivity (Wildman–Crippen MR) is 191 cm³/mol. The molecule has 0 saturated carbocycles. The standard InChI is InChI=1S/C38H81NO2Si.ClH/c1-6-8-10-12-14-16-18-20-22-24-26-28-30-32-35-39(3,37-34-38-42(40-4)41-5)36-33-31-29-27-25-23-21-19-17-15-13-11-9-7-2;/h6-38H2,1-5H3;1H/q+1;/p-1. The van der Waals surface area contributed by atoms with E-state index in [1.807, 2.05) is 14.2 Å². The molecule has 3 nitrogen and oxygen atoms in total. The normalized spacial score (nSPS) is 11.9. The SMILES string of the molecule is CCCCCCCCCCCCCCCC[N+](C)(CCCCCCCCCCCCCCCC)CCC[Si](OC)OC.[Cl-]. The molecule has 0 N–H and O–H groups in total. The molecule has 0 saturated heterocycles. The third-order valence-electron chi connectivity index (χ3n) is 9.64. The van der Waals surface area contributed by atoms with Crippen LogP contribution in [0.5, 0.6) is 0 Å². The highest BCUT2D eigenvalue weighted by molar-refractivity contribution is 6.44. The second-order valence-corrected chi connectivity index (χ2v) is 15.9. The summed E-state index contributed by atoms with van der Waals surface area (Å²) in [6, 6.07) is 1.11. The van der Waals surface area contributed by atoms with E-state index >= 15 is 0 Å². The number of unbranched alkanes of at least 4 members (excludes halogenated alkanes) is 26. The second-order valence-electron chi connectivity index (χ2n) is 13.9. The van der Waals surface area contributed by atoms with Gasteiger partial charge < -0.3 is 25.7 Å². The van der Waals surface area contributed by atoms with Crippen LogP contribution in [-0.2, 0) is 8.85 Å². The van der Waals surface area contributed by atoms with Gasteiger partial charge in [0, 0.05) is 14.2 Å². The Morgan fingerprint density at radius 1 is 0.372 bits per heavy atom. The Bertz CT molecular complexity index is 474. The van der Waals surface area contributed by atoms with Gasteiger partial charge in [0.2, 0.25) is 0 Å². The van der Waals surface area contributed by atoms with E-state index in [0.29, 0.717) is 0 Å². The highest BCUT2D eigenvalue weighted by Crippen LogP contribution is 2.18. The molecule has 0 aliphatic heterocycles. The van der Waals surface area contributed by atoms with Crippen molar-refractivity contribution in [1.82, 2.24) is 0 Å². The monoisotopic (exact) mass is 647 g/mol. The quantitative estimate of drug-likeness (QED) is 0.0383. The number of hydrogen-bond donors (Lipinski definition) is 0. The van der Waals surface area contributed by atoms with Crippen molar-refractivity contribution in [3.63, 3.8) is 0 Å². The first-order valence-corrected chi connectivity index (χ1v) is 20.9. The van der Waals surface area contributed by atoms with Crippen molar-refractivity contribution < 1.29 is 25.7 Å². The first kappa shape index (κ1) is 45.5. The van der Waals surface area contributed by atoms with Gasteiger partial charge in [0.1, 0.15) is 0 Å². The molecular weight excluding hydrogens is 566 g/mol. The van der Waals surface area contributed by atoms with Crippen molar-refractivity contribution in [2.45, 2.75) is 206 Å². The maximum atomic E-state index is 5.56. The molecule has 0 spiro atoms. The Balaban J connectivity index is 0. The summed E-state index contributed by atoms with van der Waals surface area (Å²) >= 11 is 0. The second kappa shape index (κ2) is 36.9. The van der Waals surface area contributed by atoms with E-state index in [2.05, 4.69) is 20.9 Å². The zero-order valence-corrected chi connectivity index (χ0v) is 32.2. The number of rotatable bonds is 36. The molecule has 5 heteroatoms. The molecule has 0 amide bonds. The smallest absolute Gasteiger partial charge is 0.384 e. The van der Waals surface area contributed by atoms with E-state index in [-0.39, 0.29) is 12.4 Å². The topological polar surface area (TPSA) is 18.5 Å². The molecule has 1 radical (unpaired) electrons. The van der Waals surface area contributed by atoms with E-state index < -0.39 is 9.28 Å². The summed E-state index contributed by atoms with van der Waals surface area (Å²) in [5.41, 5.74) is 0. The zero-order valence-electron chi connectivity index (χ0n) is 30.5.